The van der Waals surface area contributed by atoms with E-state index in [0.29, 0.717) is 18.3 Å². The number of allylic oxidation sites excluding steroid dienone is 2. The van der Waals surface area contributed by atoms with Crippen molar-refractivity contribution in [2.24, 2.45) is 11.8 Å². The van der Waals surface area contributed by atoms with Gasteiger partial charge in [0.05, 0.1) is 6.61 Å². The molecule has 0 aromatic rings. The van der Waals surface area contributed by atoms with Crippen LogP contribution in [0.15, 0.2) is 11.8 Å². The van der Waals surface area contributed by atoms with Crippen LogP contribution in [0.3, 0.4) is 0 Å². The number of fused-ring (bicyclic) bond motifs is 1. The molecular weight excluding hydrogens is 140 g/mol. The third-order valence-corrected chi connectivity index (χ3v) is 2.37. The van der Waals surface area contributed by atoms with Gasteiger partial charge < -0.3 is 4.74 Å². The molecule has 0 aromatic heterocycles. The average Bonchev–Trinajstić information content (AvgIpc) is 2.27. The van der Waals surface area contributed by atoms with Crippen molar-refractivity contribution in [1.82, 2.24) is 0 Å². The van der Waals surface area contributed by atoms with Gasteiger partial charge in [-0.3, -0.25) is 4.79 Å². The van der Waals surface area contributed by atoms with Crippen molar-refractivity contribution < 1.29 is 9.53 Å². The van der Waals surface area contributed by atoms with Crippen LogP contribution in [0.25, 0.3) is 0 Å². The van der Waals surface area contributed by atoms with Gasteiger partial charge in [0, 0.05) is 18.4 Å². The molecule has 1 saturated heterocycles. The van der Waals surface area contributed by atoms with Crippen molar-refractivity contribution >= 4 is 5.78 Å². The second-order valence-corrected chi connectivity index (χ2v) is 3.57. The Bertz CT molecular complexity index is 218. The predicted octanol–water partition coefficient (Wildman–Crippen LogP) is 1.52. The fraction of sp³-hybridized carbons (Fsp3) is 0.667. The fourth-order valence-corrected chi connectivity index (χ4v) is 1.83. The zero-order valence-corrected chi connectivity index (χ0v) is 6.67. The van der Waals surface area contributed by atoms with E-state index in [0.717, 1.165) is 18.8 Å². The molecule has 1 heterocycles. The number of ketones is 1. The van der Waals surface area contributed by atoms with E-state index in [4.69, 9.17) is 4.74 Å². The first-order valence-electron chi connectivity index (χ1n) is 4.13. The van der Waals surface area contributed by atoms with Crippen LogP contribution >= 0.6 is 0 Å². The smallest absolute Gasteiger partial charge is 0.159 e. The highest BCUT2D eigenvalue weighted by Crippen LogP contribution is 2.34. The molecule has 0 aromatic carbocycles. The third-order valence-electron chi connectivity index (χ3n) is 2.37. The first kappa shape index (κ1) is 6.89. The van der Waals surface area contributed by atoms with E-state index in [1.54, 1.807) is 6.08 Å². The molecule has 0 spiro atoms. The Morgan fingerprint density at radius 1 is 1.64 bits per heavy atom. The lowest BCUT2D eigenvalue weighted by Gasteiger charge is -2.26. The van der Waals surface area contributed by atoms with Crippen molar-refractivity contribution in [1.29, 1.82) is 0 Å². The summed E-state index contributed by atoms with van der Waals surface area (Å²) in [6, 6.07) is 0. The molecule has 2 atom stereocenters. The van der Waals surface area contributed by atoms with Gasteiger partial charge in [0.1, 0.15) is 5.76 Å². The van der Waals surface area contributed by atoms with Gasteiger partial charge in [-0.15, -0.1) is 0 Å². The zero-order valence-electron chi connectivity index (χ0n) is 6.67. The summed E-state index contributed by atoms with van der Waals surface area (Å²) in [6.45, 7) is 2.95. The predicted molar refractivity (Wildman–Crippen MR) is 40.9 cm³/mol. The number of carbonyl (C=O) groups excluding carboxylic acids is 1. The zero-order chi connectivity index (χ0) is 7.84. The Hall–Kier alpha value is -0.790. The van der Waals surface area contributed by atoms with Crippen LogP contribution in [0, 0.1) is 11.8 Å². The highest BCUT2D eigenvalue weighted by atomic mass is 16.5. The standard InChI is InChI=1S/C9H12O2/c1-6-2-7-3-8(10)4-9(7)11-5-6/h4,6-7H,2-3,5H2,1H3/t6-,7-/m1/s1. The maximum absolute atomic E-state index is 11.0. The number of ether oxygens (including phenoxy) is 1. The summed E-state index contributed by atoms with van der Waals surface area (Å²) in [4.78, 5) is 11.0. The highest BCUT2D eigenvalue weighted by Gasteiger charge is 2.31. The molecule has 0 N–H and O–H groups in total. The molecule has 1 fully saturated rings. The SMILES string of the molecule is C[C@H]1COC2=CC(=O)C[C@H]2C1. The monoisotopic (exact) mass is 152 g/mol. The van der Waals surface area contributed by atoms with E-state index >= 15 is 0 Å². The van der Waals surface area contributed by atoms with Crippen molar-refractivity contribution in [3.63, 3.8) is 0 Å². The topological polar surface area (TPSA) is 26.3 Å². The maximum Gasteiger partial charge on any atom is 0.159 e. The van der Waals surface area contributed by atoms with Gasteiger partial charge in [-0.1, -0.05) is 6.92 Å². The summed E-state index contributed by atoms with van der Waals surface area (Å²) in [5.41, 5.74) is 0. The van der Waals surface area contributed by atoms with Gasteiger partial charge in [-0.2, -0.15) is 0 Å². The number of carbonyl (C=O) groups is 1. The van der Waals surface area contributed by atoms with Gasteiger partial charge in [0.15, 0.2) is 5.78 Å². The second kappa shape index (κ2) is 2.36. The quantitative estimate of drug-likeness (QED) is 0.526. The molecule has 0 saturated carbocycles. The van der Waals surface area contributed by atoms with Crippen molar-refractivity contribution in [3.05, 3.63) is 11.8 Å². The molecule has 1 aliphatic carbocycles. The fourth-order valence-electron chi connectivity index (χ4n) is 1.83. The molecule has 0 unspecified atom stereocenters. The molecule has 2 rings (SSSR count). The summed E-state index contributed by atoms with van der Waals surface area (Å²) in [5, 5.41) is 0. The van der Waals surface area contributed by atoms with Crippen molar-refractivity contribution in [2.45, 2.75) is 19.8 Å². The minimum Gasteiger partial charge on any atom is -0.497 e. The minimum absolute atomic E-state index is 0.235. The molecular formula is C9H12O2. The lowest BCUT2D eigenvalue weighted by molar-refractivity contribution is -0.114. The first-order chi connectivity index (χ1) is 5.25. The Kier molecular flexibility index (Phi) is 1.48. The van der Waals surface area contributed by atoms with Crippen LogP contribution in [0.2, 0.25) is 0 Å². The molecule has 2 aliphatic rings. The van der Waals surface area contributed by atoms with Gasteiger partial charge in [0.2, 0.25) is 0 Å². The summed E-state index contributed by atoms with van der Waals surface area (Å²) in [5.74, 6) is 2.20. The van der Waals surface area contributed by atoms with Crippen LogP contribution < -0.4 is 0 Å². The molecule has 60 valence electrons. The van der Waals surface area contributed by atoms with Crippen LogP contribution in [-0.2, 0) is 9.53 Å². The van der Waals surface area contributed by atoms with E-state index in [1.807, 2.05) is 0 Å². The molecule has 2 nitrogen and oxygen atoms in total. The Morgan fingerprint density at radius 2 is 2.45 bits per heavy atom. The van der Waals surface area contributed by atoms with Crippen molar-refractivity contribution in [3.8, 4) is 0 Å². The van der Waals surface area contributed by atoms with Gasteiger partial charge >= 0.3 is 0 Å². The highest BCUT2D eigenvalue weighted by molar-refractivity contribution is 5.93. The van der Waals surface area contributed by atoms with Gasteiger partial charge in [0.25, 0.3) is 0 Å². The van der Waals surface area contributed by atoms with Gasteiger partial charge in [-0.25, -0.2) is 0 Å². The molecule has 0 bridgehead atoms. The molecule has 0 radical (unpaired) electrons. The minimum atomic E-state index is 0.235. The molecule has 1 aliphatic heterocycles. The summed E-state index contributed by atoms with van der Waals surface area (Å²) >= 11 is 0. The Balaban J connectivity index is 2.13. The van der Waals surface area contributed by atoms with Gasteiger partial charge in [-0.05, 0) is 12.3 Å². The first-order valence-corrected chi connectivity index (χ1v) is 4.13. The molecule has 2 heteroatoms. The maximum atomic E-state index is 11.0. The largest absolute Gasteiger partial charge is 0.497 e. The van der Waals surface area contributed by atoms with Crippen LogP contribution in [0.1, 0.15) is 19.8 Å². The third kappa shape index (κ3) is 1.17. The number of hydrogen-bond acceptors (Lipinski definition) is 2. The Morgan fingerprint density at radius 3 is 3.27 bits per heavy atom. The van der Waals surface area contributed by atoms with E-state index in [2.05, 4.69) is 6.92 Å². The van der Waals surface area contributed by atoms with E-state index < -0.39 is 0 Å². The number of rotatable bonds is 0. The van der Waals surface area contributed by atoms with Crippen molar-refractivity contribution in [2.75, 3.05) is 6.61 Å². The van der Waals surface area contributed by atoms with E-state index in [9.17, 15) is 4.79 Å². The van der Waals surface area contributed by atoms with Crippen LogP contribution in [0.5, 0.6) is 0 Å². The normalized spacial score (nSPS) is 36.1. The summed E-state index contributed by atoms with van der Waals surface area (Å²) in [7, 11) is 0. The van der Waals surface area contributed by atoms with E-state index in [1.165, 1.54) is 0 Å². The second-order valence-electron chi connectivity index (χ2n) is 3.57. The molecule has 11 heavy (non-hydrogen) atoms. The summed E-state index contributed by atoms with van der Waals surface area (Å²) < 4.78 is 5.42. The number of hydrogen-bond donors (Lipinski definition) is 0. The average molecular weight is 152 g/mol. The Labute approximate surface area is 66.2 Å². The van der Waals surface area contributed by atoms with Crippen LogP contribution in [0.4, 0.5) is 0 Å². The summed E-state index contributed by atoms with van der Waals surface area (Å²) in [6.07, 6.45) is 3.47. The van der Waals surface area contributed by atoms with Crippen LogP contribution in [-0.4, -0.2) is 12.4 Å². The molecule has 0 amide bonds. The van der Waals surface area contributed by atoms with E-state index in [-0.39, 0.29) is 5.78 Å². The lowest BCUT2D eigenvalue weighted by Crippen LogP contribution is -2.19. The lowest BCUT2D eigenvalue weighted by atomic mass is 9.92.